The average molecular weight is 383 g/mol. The first-order chi connectivity index (χ1) is 12.3. The standard InChI is InChI=1S/C16H21N3O6S/c1-2-11-26(24,25)19-10-6-9-18(16(19)23)15(22)17-13(14(20)21)12-7-4-3-5-8-12/h3-5,7-8,13H,2,6,9-11H2,1H3,(H,17,22)(H,20,21). The van der Waals surface area contributed by atoms with Crippen LogP contribution in [0.15, 0.2) is 30.3 Å². The molecule has 1 aliphatic heterocycles. The Morgan fingerprint density at radius 1 is 1.23 bits per heavy atom. The molecule has 142 valence electrons. The van der Waals surface area contributed by atoms with Gasteiger partial charge in [0.05, 0.1) is 5.75 Å². The first-order valence-corrected chi connectivity index (χ1v) is 9.79. The maximum absolute atomic E-state index is 12.4. The number of aliphatic carboxylic acids is 1. The Morgan fingerprint density at radius 2 is 1.88 bits per heavy atom. The lowest BCUT2D eigenvalue weighted by molar-refractivity contribution is -0.139. The van der Waals surface area contributed by atoms with Gasteiger partial charge in [-0.15, -0.1) is 0 Å². The fourth-order valence-corrected chi connectivity index (χ4v) is 4.13. The van der Waals surface area contributed by atoms with Crippen molar-refractivity contribution in [2.45, 2.75) is 25.8 Å². The third-order valence-corrected chi connectivity index (χ3v) is 5.81. The molecule has 1 aromatic carbocycles. The van der Waals surface area contributed by atoms with Crippen molar-refractivity contribution in [3.63, 3.8) is 0 Å². The van der Waals surface area contributed by atoms with E-state index in [9.17, 15) is 27.9 Å². The number of carboxylic acid groups (broad SMARTS) is 1. The molecule has 0 radical (unpaired) electrons. The Hall–Kier alpha value is -2.62. The highest BCUT2D eigenvalue weighted by Crippen LogP contribution is 2.18. The van der Waals surface area contributed by atoms with Crippen LogP contribution in [0.3, 0.4) is 0 Å². The molecule has 1 heterocycles. The van der Waals surface area contributed by atoms with Gasteiger partial charge in [0.2, 0.25) is 10.0 Å². The lowest BCUT2D eigenvalue weighted by atomic mass is 10.1. The van der Waals surface area contributed by atoms with Gasteiger partial charge in [0, 0.05) is 13.1 Å². The molecule has 0 bridgehead atoms. The predicted molar refractivity (Wildman–Crippen MR) is 92.9 cm³/mol. The van der Waals surface area contributed by atoms with Crippen LogP contribution in [-0.2, 0) is 14.8 Å². The summed E-state index contributed by atoms with van der Waals surface area (Å²) in [5.41, 5.74) is 0.341. The van der Waals surface area contributed by atoms with Crippen LogP contribution in [0.4, 0.5) is 9.59 Å². The van der Waals surface area contributed by atoms with E-state index in [0.29, 0.717) is 16.3 Å². The van der Waals surface area contributed by atoms with Gasteiger partial charge in [-0.25, -0.2) is 32.0 Å². The number of sulfonamides is 1. The van der Waals surface area contributed by atoms with Gasteiger partial charge in [-0.05, 0) is 18.4 Å². The molecule has 26 heavy (non-hydrogen) atoms. The minimum absolute atomic E-state index is 0.00594. The van der Waals surface area contributed by atoms with Crippen LogP contribution in [0.5, 0.6) is 0 Å². The van der Waals surface area contributed by atoms with Crippen molar-refractivity contribution < 1.29 is 27.9 Å². The number of rotatable bonds is 6. The smallest absolute Gasteiger partial charge is 0.341 e. The van der Waals surface area contributed by atoms with E-state index in [0.717, 1.165) is 4.90 Å². The molecule has 1 fully saturated rings. The molecule has 1 unspecified atom stereocenters. The Morgan fingerprint density at radius 3 is 2.46 bits per heavy atom. The van der Waals surface area contributed by atoms with E-state index in [1.54, 1.807) is 25.1 Å². The minimum Gasteiger partial charge on any atom is -0.479 e. The molecular weight excluding hydrogens is 362 g/mol. The normalized spacial score (nSPS) is 16.3. The molecule has 10 heteroatoms. The molecule has 0 aliphatic carbocycles. The van der Waals surface area contributed by atoms with E-state index >= 15 is 0 Å². The Kier molecular flexibility index (Phi) is 6.19. The van der Waals surface area contributed by atoms with Gasteiger partial charge < -0.3 is 10.4 Å². The number of carbonyl (C=O) groups is 3. The van der Waals surface area contributed by atoms with Crippen LogP contribution in [0.2, 0.25) is 0 Å². The molecule has 1 saturated heterocycles. The van der Waals surface area contributed by atoms with E-state index in [-0.39, 0.29) is 25.3 Å². The summed E-state index contributed by atoms with van der Waals surface area (Å²) < 4.78 is 25.0. The monoisotopic (exact) mass is 383 g/mol. The first kappa shape index (κ1) is 19.7. The number of nitrogens with zero attached hydrogens (tertiary/aromatic N) is 2. The van der Waals surface area contributed by atoms with Crippen LogP contribution in [-0.4, -0.2) is 59.6 Å². The van der Waals surface area contributed by atoms with E-state index in [1.807, 2.05) is 0 Å². The SMILES string of the molecule is CCCS(=O)(=O)N1CCCN(C(=O)NC(C(=O)O)c2ccccc2)C1=O. The molecule has 2 rings (SSSR count). The van der Waals surface area contributed by atoms with Crippen molar-refractivity contribution >= 4 is 28.1 Å². The second-order valence-electron chi connectivity index (χ2n) is 5.81. The maximum atomic E-state index is 12.4. The zero-order chi connectivity index (χ0) is 19.3. The van der Waals surface area contributed by atoms with Gasteiger partial charge in [-0.2, -0.15) is 0 Å². The van der Waals surface area contributed by atoms with Crippen LogP contribution in [0.25, 0.3) is 0 Å². The minimum atomic E-state index is -3.80. The molecule has 0 aromatic heterocycles. The Balaban J connectivity index is 2.17. The number of amides is 4. The fourth-order valence-electron chi connectivity index (χ4n) is 2.65. The highest BCUT2D eigenvalue weighted by atomic mass is 32.2. The van der Waals surface area contributed by atoms with Crippen LogP contribution in [0.1, 0.15) is 31.4 Å². The zero-order valence-electron chi connectivity index (χ0n) is 14.3. The number of imide groups is 1. The van der Waals surface area contributed by atoms with Crippen molar-refractivity contribution in [2.75, 3.05) is 18.8 Å². The van der Waals surface area contributed by atoms with Crippen molar-refractivity contribution in [3.8, 4) is 0 Å². The molecule has 9 nitrogen and oxygen atoms in total. The number of benzene rings is 1. The van der Waals surface area contributed by atoms with Gasteiger partial charge in [0.15, 0.2) is 6.04 Å². The van der Waals surface area contributed by atoms with Crippen LogP contribution in [0, 0.1) is 0 Å². The third-order valence-electron chi connectivity index (χ3n) is 3.88. The van der Waals surface area contributed by atoms with E-state index in [2.05, 4.69) is 5.32 Å². The van der Waals surface area contributed by atoms with Crippen molar-refractivity contribution in [1.29, 1.82) is 0 Å². The fraction of sp³-hybridized carbons (Fsp3) is 0.438. The largest absolute Gasteiger partial charge is 0.479 e. The summed E-state index contributed by atoms with van der Waals surface area (Å²) in [7, 11) is -3.80. The predicted octanol–water partition coefficient (Wildman–Crippen LogP) is 1.39. The van der Waals surface area contributed by atoms with E-state index in [1.165, 1.54) is 12.1 Å². The Bertz CT molecular complexity index is 780. The molecule has 4 amide bonds. The number of carboxylic acids is 1. The molecular formula is C16H21N3O6S. The van der Waals surface area contributed by atoms with Crippen LogP contribution >= 0.6 is 0 Å². The summed E-state index contributed by atoms with van der Waals surface area (Å²) >= 11 is 0. The maximum Gasteiger partial charge on any atom is 0.341 e. The lowest BCUT2D eigenvalue weighted by Crippen LogP contribution is -2.57. The molecule has 1 aromatic rings. The third kappa shape index (κ3) is 4.31. The zero-order valence-corrected chi connectivity index (χ0v) is 15.1. The number of hydrogen-bond acceptors (Lipinski definition) is 5. The van der Waals surface area contributed by atoms with E-state index in [4.69, 9.17) is 0 Å². The molecule has 1 aliphatic rings. The summed E-state index contributed by atoms with van der Waals surface area (Å²) in [6, 6.07) is 4.78. The number of urea groups is 2. The van der Waals surface area contributed by atoms with Gasteiger partial charge in [0.1, 0.15) is 0 Å². The van der Waals surface area contributed by atoms with Crippen molar-refractivity contribution in [1.82, 2.24) is 14.5 Å². The summed E-state index contributed by atoms with van der Waals surface area (Å²) in [6.45, 7) is 1.70. The van der Waals surface area contributed by atoms with E-state index < -0.39 is 34.1 Å². The summed E-state index contributed by atoms with van der Waals surface area (Å²) in [4.78, 5) is 37.1. The quantitative estimate of drug-likeness (QED) is 0.765. The molecule has 1 atom stereocenters. The van der Waals surface area contributed by atoms with Crippen molar-refractivity contribution in [3.05, 3.63) is 35.9 Å². The van der Waals surface area contributed by atoms with Gasteiger partial charge in [-0.3, -0.25) is 0 Å². The summed E-state index contributed by atoms with van der Waals surface area (Å²) in [5, 5.41) is 11.6. The highest BCUT2D eigenvalue weighted by molar-refractivity contribution is 7.89. The second-order valence-corrected chi connectivity index (χ2v) is 7.82. The highest BCUT2D eigenvalue weighted by Gasteiger charge is 2.38. The van der Waals surface area contributed by atoms with Gasteiger partial charge >= 0.3 is 18.0 Å². The molecule has 0 spiro atoms. The summed E-state index contributed by atoms with van der Waals surface area (Å²) in [6.07, 6.45) is 0.624. The number of hydrogen-bond donors (Lipinski definition) is 2. The Labute approximate surface area is 151 Å². The van der Waals surface area contributed by atoms with Crippen molar-refractivity contribution in [2.24, 2.45) is 0 Å². The van der Waals surface area contributed by atoms with Gasteiger partial charge in [-0.1, -0.05) is 37.3 Å². The average Bonchev–Trinajstić information content (AvgIpc) is 2.60. The van der Waals surface area contributed by atoms with Crippen LogP contribution < -0.4 is 5.32 Å². The second kappa shape index (κ2) is 8.17. The topological polar surface area (TPSA) is 124 Å². The molecule has 2 N–H and O–H groups in total. The summed E-state index contributed by atoms with van der Waals surface area (Å²) in [5.74, 6) is -1.49. The number of nitrogens with one attached hydrogen (secondary N) is 1. The first-order valence-electron chi connectivity index (χ1n) is 8.18. The lowest BCUT2D eigenvalue weighted by Gasteiger charge is -2.34. The molecule has 0 saturated carbocycles. The number of carbonyl (C=O) groups excluding carboxylic acids is 2. The van der Waals surface area contributed by atoms with Gasteiger partial charge in [0.25, 0.3) is 0 Å².